The summed E-state index contributed by atoms with van der Waals surface area (Å²) in [4.78, 5) is 34.3. The molecule has 7 heteroatoms. The maximum atomic E-state index is 11.4. The summed E-state index contributed by atoms with van der Waals surface area (Å²) in [5.74, 6) is -0.625. The van der Waals surface area contributed by atoms with Gasteiger partial charge in [-0.1, -0.05) is 125 Å². The quantitative estimate of drug-likeness (QED) is 0.220. The fraction of sp³-hybridized carbons (Fsp3) is 0.727. The minimum atomic E-state index is -0.457. The van der Waals surface area contributed by atoms with Crippen LogP contribution in [0, 0.1) is 32.5 Å². The van der Waals surface area contributed by atoms with E-state index in [0.717, 1.165) is 0 Å². The fourth-order valence-corrected chi connectivity index (χ4v) is 1.66. The molecule has 6 nitrogen and oxygen atoms in total. The van der Waals surface area contributed by atoms with Crippen molar-refractivity contribution in [3.05, 3.63) is 35.5 Å². The molecule has 0 heterocycles. The molecule has 0 N–H and O–H groups in total. The van der Waals surface area contributed by atoms with Crippen LogP contribution in [-0.4, -0.2) is 17.3 Å². The Morgan fingerprint density at radius 3 is 0.550 bits per heavy atom. The number of rotatable bonds is 3. The Labute approximate surface area is 258 Å². The smallest absolute Gasteiger partial charge is 0.875 e. The minimum absolute atomic E-state index is 0. The van der Waals surface area contributed by atoms with Gasteiger partial charge >= 0.3 is 19.5 Å². The van der Waals surface area contributed by atoms with Gasteiger partial charge in [-0.3, -0.25) is 14.4 Å². The molecule has 0 rings (SSSR count). The van der Waals surface area contributed by atoms with Crippen molar-refractivity contribution in [2.75, 3.05) is 0 Å². The number of ketones is 3. The summed E-state index contributed by atoms with van der Waals surface area (Å²) in [6.07, 6.45) is 3.67. The molecule has 0 unspecified atom stereocenters. The Bertz CT molecular complexity index is 801. The van der Waals surface area contributed by atoms with E-state index in [1.165, 1.54) is 18.2 Å². The third-order valence-corrected chi connectivity index (χ3v) is 5.22. The zero-order valence-corrected chi connectivity index (χ0v) is 30.3. The average Bonchev–Trinajstić information content (AvgIpc) is 2.64. The summed E-state index contributed by atoms with van der Waals surface area (Å²) >= 11 is 0. The molecule has 40 heavy (non-hydrogen) atoms. The van der Waals surface area contributed by atoms with Gasteiger partial charge in [0.05, 0.1) is 0 Å². The van der Waals surface area contributed by atoms with E-state index in [0.29, 0.717) is 0 Å². The first-order valence-corrected chi connectivity index (χ1v) is 13.5. The molecule has 0 aromatic rings. The molecule has 0 bridgehead atoms. The Kier molecular flexibility index (Phi) is 18.1. The Balaban J connectivity index is -0.000000240. The van der Waals surface area contributed by atoms with Crippen molar-refractivity contribution in [1.29, 1.82) is 0 Å². The van der Waals surface area contributed by atoms with Crippen molar-refractivity contribution in [3.63, 3.8) is 0 Å². The largest absolute Gasteiger partial charge is 3.00 e. The van der Waals surface area contributed by atoms with Gasteiger partial charge in [-0.2, -0.15) is 0 Å². The normalized spacial score (nSPS) is 14.1. The van der Waals surface area contributed by atoms with E-state index >= 15 is 0 Å². The summed E-state index contributed by atoms with van der Waals surface area (Å²) in [6, 6.07) is 0. The second kappa shape index (κ2) is 16.0. The van der Waals surface area contributed by atoms with E-state index in [-0.39, 0.29) is 54.1 Å². The molecule has 0 atom stereocenters. The topological polar surface area (TPSA) is 120 Å². The molecule has 0 aliphatic heterocycles. The van der Waals surface area contributed by atoms with E-state index in [9.17, 15) is 29.7 Å². The molecule has 0 fully saturated rings. The van der Waals surface area contributed by atoms with Crippen molar-refractivity contribution < 1.29 is 49.2 Å². The Hall–Kier alpha value is -1.75. The molecule has 0 aliphatic carbocycles. The van der Waals surface area contributed by atoms with Crippen molar-refractivity contribution in [2.45, 2.75) is 125 Å². The Morgan fingerprint density at radius 1 is 0.350 bits per heavy atom. The van der Waals surface area contributed by atoms with Crippen LogP contribution in [0.5, 0.6) is 0 Å². The van der Waals surface area contributed by atoms with Crippen LogP contribution in [-0.2, 0) is 33.9 Å². The molecular weight excluding hydrogens is 593 g/mol. The van der Waals surface area contributed by atoms with Crippen molar-refractivity contribution >= 4 is 17.3 Å². The van der Waals surface area contributed by atoms with Crippen LogP contribution in [0.1, 0.15) is 125 Å². The van der Waals surface area contributed by atoms with Gasteiger partial charge in [0.15, 0.2) is 17.3 Å². The maximum absolute atomic E-state index is 11.4. The summed E-state index contributed by atoms with van der Waals surface area (Å²) in [7, 11) is 0. The number of hydrogen-bond acceptors (Lipinski definition) is 6. The summed E-state index contributed by atoms with van der Waals surface area (Å²) in [5.41, 5.74) is -2.74. The summed E-state index contributed by atoms with van der Waals surface area (Å²) in [6.45, 7) is 32.5. The van der Waals surface area contributed by atoms with Gasteiger partial charge in [0.25, 0.3) is 0 Å². The molecule has 0 aliphatic rings. The van der Waals surface area contributed by atoms with Gasteiger partial charge in [-0.15, -0.1) is 17.3 Å². The van der Waals surface area contributed by atoms with Crippen LogP contribution >= 0.6 is 0 Å². The molecule has 0 saturated heterocycles. The predicted octanol–water partition coefficient (Wildman–Crippen LogP) is 5.67. The first-order chi connectivity index (χ1) is 16.6. The molecule has 0 saturated carbocycles. The van der Waals surface area contributed by atoms with Gasteiger partial charge < -0.3 is 15.3 Å². The van der Waals surface area contributed by atoms with Gasteiger partial charge in [0, 0.05) is 16.2 Å². The van der Waals surface area contributed by atoms with Crippen LogP contribution in [0.15, 0.2) is 35.5 Å². The number of hydrogen-bond donors (Lipinski definition) is 0. The first kappa shape index (κ1) is 45.2. The molecule has 1 radical (unpaired) electrons. The summed E-state index contributed by atoms with van der Waals surface area (Å²) < 4.78 is 0. The third-order valence-electron chi connectivity index (χ3n) is 5.22. The van der Waals surface area contributed by atoms with Crippen molar-refractivity contribution in [2.24, 2.45) is 32.5 Å². The second-order valence-corrected chi connectivity index (χ2v) is 16.1. The van der Waals surface area contributed by atoms with Gasteiger partial charge in [0.1, 0.15) is 0 Å². The number of carbonyl (C=O) groups is 3. The monoisotopic (exact) mass is 651 g/mol. The molecule has 0 aromatic heterocycles. The molecule has 233 valence electrons. The van der Waals surface area contributed by atoms with Crippen LogP contribution < -0.4 is 15.3 Å². The predicted molar refractivity (Wildman–Crippen MR) is 156 cm³/mol. The zero-order valence-electron chi connectivity index (χ0n) is 28.5. The van der Waals surface area contributed by atoms with Crippen molar-refractivity contribution in [1.82, 2.24) is 0 Å². The summed E-state index contributed by atoms with van der Waals surface area (Å²) in [5, 5.41) is 34.3. The zero-order chi connectivity index (χ0) is 32.6. The maximum Gasteiger partial charge on any atom is 3.00 e. The van der Waals surface area contributed by atoms with Gasteiger partial charge in [-0.05, 0) is 34.5 Å². The SMILES string of the molecule is CC(C)(C)C(=O)/C=C(/[O-])C(C)(C)C.CC(C)(C)C(=O)/C=C(/[O-])C(C)(C)C.CC(C)(C)C(=O)/C=C(/[O-])C(C)(C)C.[Ru+3]. The van der Waals surface area contributed by atoms with Crippen LogP contribution in [0.4, 0.5) is 0 Å². The van der Waals surface area contributed by atoms with Crippen LogP contribution in [0.2, 0.25) is 0 Å². The van der Waals surface area contributed by atoms with Gasteiger partial charge in [0.2, 0.25) is 0 Å². The fourth-order valence-electron chi connectivity index (χ4n) is 1.66. The standard InChI is InChI=1S/3C11H20O2.Ru/c3*1-10(2,3)8(12)7-9(13)11(4,5)6;/h3*7,12H,1-6H3;/q;;;+3/p-3/b3*8-7+;. The van der Waals surface area contributed by atoms with Gasteiger partial charge in [-0.25, -0.2) is 0 Å². The molecule has 0 aromatic carbocycles. The number of carbonyl (C=O) groups excluding carboxylic acids is 3. The van der Waals surface area contributed by atoms with E-state index in [4.69, 9.17) is 0 Å². The van der Waals surface area contributed by atoms with E-state index in [2.05, 4.69) is 0 Å². The Morgan fingerprint density at radius 2 is 0.475 bits per heavy atom. The van der Waals surface area contributed by atoms with Crippen molar-refractivity contribution in [3.8, 4) is 0 Å². The number of allylic oxidation sites excluding steroid dienone is 6. The minimum Gasteiger partial charge on any atom is -0.875 e. The molecular formula is C33H57O6Ru. The van der Waals surface area contributed by atoms with Crippen LogP contribution in [0.3, 0.4) is 0 Å². The van der Waals surface area contributed by atoms with Crippen LogP contribution in [0.25, 0.3) is 0 Å². The third kappa shape index (κ3) is 21.1. The second-order valence-electron chi connectivity index (χ2n) is 16.1. The van der Waals surface area contributed by atoms with E-state index in [1.54, 1.807) is 0 Å². The molecule has 0 spiro atoms. The average molecular weight is 651 g/mol. The van der Waals surface area contributed by atoms with E-state index in [1.807, 2.05) is 125 Å². The van der Waals surface area contributed by atoms with E-state index < -0.39 is 32.5 Å². The first-order valence-electron chi connectivity index (χ1n) is 13.5. The molecule has 0 amide bonds.